The van der Waals surface area contributed by atoms with Crippen molar-refractivity contribution >= 4 is 23.0 Å². The maximum absolute atomic E-state index is 3.68. The minimum Gasteiger partial charge on any atom is -0.391 e. The highest BCUT2D eigenvalue weighted by molar-refractivity contribution is 8.03. The van der Waals surface area contributed by atoms with Crippen LogP contribution in [0.4, 0.5) is 5.69 Å². The lowest BCUT2D eigenvalue weighted by atomic mass is 9.78. The fraction of sp³-hybridized carbons (Fsp3) is 0.185. The summed E-state index contributed by atoms with van der Waals surface area (Å²) in [6, 6.07) is 17.4. The predicted octanol–water partition coefficient (Wildman–Crippen LogP) is 5.94. The van der Waals surface area contributed by atoms with Gasteiger partial charge in [-0.2, -0.15) is 0 Å². The highest BCUT2D eigenvalue weighted by atomic mass is 32.2. The molecule has 3 nitrogen and oxygen atoms in total. The molecular weight excluding hydrogens is 398 g/mol. The molecular formula is C27H27N3S. The fourth-order valence-corrected chi connectivity index (χ4v) is 5.62. The SMILES string of the molecule is CNC1=CC=C(c2ccccc2C2(NC)C=CC=CC2)C(=C2Nc3ccccc3S2)C1. The van der Waals surface area contributed by atoms with E-state index in [2.05, 4.69) is 108 Å². The molecule has 2 aliphatic carbocycles. The topological polar surface area (TPSA) is 36.1 Å². The molecule has 0 aromatic heterocycles. The van der Waals surface area contributed by atoms with E-state index < -0.39 is 0 Å². The summed E-state index contributed by atoms with van der Waals surface area (Å²) in [7, 11) is 4.05. The van der Waals surface area contributed by atoms with Gasteiger partial charge >= 0.3 is 0 Å². The number of hydrogen-bond acceptors (Lipinski definition) is 4. The minimum absolute atomic E-state index is 0.200. The van der Waals surface area contributed by atoms with Crippen molar-refractivity contribution in [2.75, 3.05) is 19.4 Å². The number of benzene rings is 2. The van der Waals surface area contributed by atoms with E-state index in [1.54, 1.807) is 0 Å². The zero-order chi connectivity index (χ0) is 21.3. The van der Waals surface area contributed by atoms with E-state index in [0.717, 1.165) is 12.8 Å². The smallest absolute Gasteiger partial charge is 0.0817 e. The van der Waals surface area contributed by atoms with Crippen molar-refractivity contribution in [2.45, 2.75) is 23.3 Å². The number of hydrogen-bond donors (Lipinski definition) is 3. The van der Waals surface area contributed by atoms with Crippen molar-refractivity contribution in [3.63, 3.8) is 0 Å². The first-order chi connectivity index (χ1) is 15.2. The van der Waals surface area contributed by atoms with Gasteiger partial charge in [-0.25, -0.2) is 0 Å². The first-order valence-corrected chi connectivity index (χ1v) is 11.5. The van der Waals surface area contributed by atoms with Gasteiger partial charge in [0.1, 0.15) is 0 Å². The molecule has 0 bridgehead atoms. The van der Waals surface area contributed by atoms with E-state index in [-0.39, 0.29) is 5.54 Å². The van der Waals surface area contributed by atoms with Gasteiger partial charge in [0, 0.05) is 24.1 Å². The van der Waals surface area contributed by atoms with E-state index in [0.29, 0.717) is 0 Å². The molecule has 2 aromatic rings. The van der Waals surface area contributed by atoms with E-state index in [4.69, 9.17) is 0 Å². The normalized spacial score (nSPS) is 24.3. The van der Waals surface area contributed by atoms with Crippen LogP contribution in [0.1, 0.15) is 24.0 Å². The van der Waals surface area contributed by atoms with Gasteiger partial charge in [0.15, 0.2) is 0 Å². The highest BCUT2D eigenvalue weighted by Crippen LogP contribution is 2.47. The van der Waals surface area contributed by atoms with Crippen molar-refractivity contribution in [1.29, 1.82) is 0 Å². The van der Waals surface area contributed by atoms with Crippen LogP contribution in [-0.4, -0.2) is 14.1 Å². The van der Waals surface area contributed by atoms with Gasteiger partial charge < -0.3 is 16.0 Å². The Hall–Kier alpha value is -2.95. The zero-order valence-corrected chi connectivity index (χ0v) is 18.7. The molecule has 1 aliphatic heterocycles. The molecule has 0 spiro atoms. The van der Waals surface area contributed by atoms with Gasteiger partial charge in [-0.15, -0.1) is 0 Å². The molecule has 2 aromatic carbocycles. The monoisotopic (exact) mass is 425 g/mol. The molecule has 1 atom stereocenters. The Balaban J connectivity index is 1.65. The molecule has 156 valence electrons. The summed E-state index contributed by atoms with van der Waals surface area (Å²) in [5.41, 5.74) is 7.43. The number of likely N-dealkylation sites (N-methyl/N-ethyl adjacent to an activating group) is 1. The molecule has 0 saturated carbocycles. The quantitative estimate of drug-likeness (QED) is 0.567. The lowest BCUT2D eigenvalue weighted by Crippen LogP contribution is -2.39. The summed E-state index contributed by atoms with van der Waals surface area (Å²) >= 11 is 1.83. The van der Waals surface area contributed by atoms with Gasteiger partial charge in [0.05, 0.1) is 16.3 Å². The number of anilines is 1. The molecule has 31 heavy (non-hydrogen) atoms. The molecule has 3 N–H and O–H groups in total. The number of rotatable bonds is 4. The number of thioether (sulfide) groups is 1. The second kappa shape index (κ2) is 8.29. The van der Waals surface area contributed by atoms with Gasteiger partial charge in [-0.1, -0.05) is 78.5 Å². The van der Waals surface area contributed by atoms with Crippen molar-refractivity contribution < 1.29 is 0 Å². The summed E-state index contributed by atoms with van der Waals surface area (Å²) in [6.45, 7) is 0. The molecule has 0 radical (unpaired) electrons. The van der Waals surface area contributed by atoms with E-state index in [9.17, 15) is 0 Å². The van der Waals surface area contributed by atoms with Gasteiger partial charge in [0.25, 0.3) is 0 Å². The van der Waals surface area contributed by atoms with Crippen molar-refractivity contribution in [3.8, 4) is 0 Å². The van der Waals surface area contributed by atoms with Crippen LogP contribution in [0.25, 0.3) is 5.57 Å². The molecule has 3 aliphatic rings. The van der Waals surface area contributed by atoms with E-state index in [1.807, 2.05) is 18.8 Å². The van der Waals surface area contributed by atoms with Crippen LogP contribution in [0, 0.1) is 0 Å². The Bertz CT molecular complexity index is 1140. The van der Waals surface area contributed by atoms with Crippen LogP contribution in [0.15, 0.2) is 106 Å². The van der Waals surface area contributed by atoms with Gasteiger partial charge in [-0.3, -0.25) is 0 Å². The minimum atomic E-state index is -0.200. The van der Waals surface area contributed by atoms with Gasteiger partial charge in [-0.05, 0) is 54.0 Å². The Morgan fingerprint density at radius 1 is 0.968 bits per heavy atom. The lowest BCUT2D eigenvalue weighted by Gasteiger charge is -2.34. The van der Waals surface area contributed by atoms with E-state index >= 15 is 0 Å². The Morgan fingerprint density at radius 2 is 1.81 bits per heavy atom. The fourth-order valence-electron chi connectivity index (χ4n) is 4.56. The van der Waals surface area contributed by atoms with Crippen LogP contribution >= 0.6 is 11.8 Å². The summed E-state index contributed by atoms with van der Waals surface area (Å²) in [4.78, 5) is 1.28. The molecule has 1 unspecified atom stereocenters. The second-order valence-corrected chi connectivity index (χ2v) is 9.04. The highest BCUT2D eigenvalue weighted by Gasteiger charge is 2.32. The third-order valence-electron chi connectivity index (χ3n) is 6.30. The molecule has 0 fully saturated rings. The van der Waals surface area contributed by atoms with Crippen molar-refractivity contribution in [1.82, 2.24) is 10.6 Å². The summed E-state index contributed by atoms with van der Waals surface area (Å²) in [6.07, 6.45) is 15.1. The standard InChI is InChI=1S/C27H27N3S/c1-28-19-14-15-20(22(18-19)26-30-24-12-6-7-13-25(24)31-26)21-10-4-5-11-23(21)27(29-2)16-8-3-9-17-27/h3-16,28-30H,17-18H2,1-2H3. The first kappa shape index (κ1) is 20.0. The Labute approximate surface area is 188 Å². The number of fused-ring (bicyclic) bond motifs is 1. The Kier molecular flexibility index (Phi) is 5.34. The number of para-hydroxylation sites is 1. The largest absolute Gasteiger partial charge is 0.391 e. The van der Waals surface area contributed by atoms with Crippen LogP contribution in [0.2, 0.25) is 0 Å². The zero-order valence-electron chi connectivity index (χ0n) is 17.9. The summed E-state index contributed by atoms with van der Waals surface area (Å²) in [5.74, 6) is 0. The summed E-state index contributed by atoms with van der Waals surface area (Å²) < 4.78 is 0. The summed E-state index contributed by atoms with van der Waals surface area (Å²) in [5, 5.41) is 11.9. The maximum Gasteiger partial charge on any atom is 0.0817 e. The number of allylic oxidation sites excluding steroid dienone is 6. The molecule has 5 rings (SSSR count). The molecule has 0 saturated heterocycles. The van der Waals surface area contributed by atoms with Crippen LogP contribution in [0.3, 0.4) is 0 Å². The van der Waals surface area contributed by atoms with Crippen molar-refractivity contribution in [2.24, 2.45) is 0 Å². The molecule has 0 amide bonds. The molecule has 1 heterocycles. The third kappa shape index (κ3) is 3.56. The second-order valence-electron chi connectivity index (χ2n) is 7.99. The van der Waals surface area contributed by atoms with Gasteiger partial charge in [0.2, 0.25) is 0 Å². The van der Waals surface area contributed by atoms with E-state index in [1.165, 1.54) is 43.6 Å². The number of nitrogens with one attached hydrogen (secondary N) is 3. The van der Waals surface area contributed by atoms with Crippen LogP contribution in [-0.2, 0) is 5.54 Å². The maximum atomic E-state index is 3.68. The average molecular weight is 426 g/mol. The van der Waals surface area contributed by atoms with Crippen molar-refractivity contribution in [3.05, 3.63) is 112 Å². The van der Waals surface area contributed by atoms with Crippen LogP contribution < -0.4 is 16.0 Å². The first-order valence-electron chi connectivity index (χ1n) is 10.7. The van der Waals surface area contributed by atoms with Crippen LogP contribution in [0.5, 0.6) is 0 Å². The predicted molar refractivity (Wildman–Crippen MR) is 133 cm³/mol. The Morgan fingerprint density at radius 3 is 2.58 bits per heavy atom. The lowest BCUT2D eigenvalue weighted by molar-refractivity contribution is 0.457. The molecule has 4 heteroatoms. The third-order valence-corrected chi connectivity index (χ3v) is 7.43. The average Bonchev–Trinajstić information content (AvgIpc) is 3.28.